The molecule has 4 bridgehead atoms. The third kappa shape index (κ3) is 2.45. The average molecular weight is 299 g/mol. The van der Waals surface area contributed by atoms with Crippen LogP contribution in [0, 0.1) is 23.2 Å². The first-order valence-electron chi connectivity index (χ1n) is 8.65. The molecule has 0 unspecified atom stereocenters. The van der Waals surface area contributed by atoms with Gasteiger partial charge in [0.2, 0.25) is 0 Å². The Bertz CT molecular complexity index is 519. The van der Waals surface area contributed by atoms with Crippen LogP contribution in [0.5, 0.6) is 0 Å². The van der Waals surface area contributed by atoms with Gasteiger partial charge in [0.15, 0.2) is 0 Å². The molecule has 3 heteroatoms. The fraction of sp³-hybridized carbons (Fsp3) is 0.632. The van der Waals surface area contributed by atoms with Crippen molar-refractivity contribution in [3.8, 4) is 0 Å². The summed E-state index contributed by atoms with van der Waals surface area (Å²) in [6.07, 6.45) is 7.42. The van der Waals surface area contributed by atoms with E-state index in [1.165, 1.54) is 24.8 Å². The van der Waals surface area contributed by atoms with Crippen molar-refractivity contribution in [3.63, 3.8) is 0 Å². The van der Waals surface area contributed by atoms with Crippen LogP contribution >= 0.6 is 0 Å². The normalized spacial score (nSPS) is 37.2. The molecule has 1 aromatic carbocycles. The smallest absolute Gasteiger partial charge is 0.321 e. The van der Waals surface area contributed by atoms with Crippen LogP contribution in [0.15, 0.2) is 30.3 Å². The van der Waals surface area contributed by atoms with Gasteiger partial charge in [0.25, 0.3) is 0 Å². The summed E-state index contributed by atoms with van der Waals surface area (Å²) in [5.41, 5.74) is 1.17. The first-order valence-corrected chi connectivity index (χ1v) is 8.65. The molecule has 118 valence electrons. The second-order valence-corrected chi connectivity index (χ2v) is 7.92. The van der Waals surface area contributed by atoms with Crippen LogP contribution in [0.3, 0.4) is 0 Å². The Hall–Kier alpha value is -1.35. The molecule has 0 aromatic heterocycles. The van der Waals surface area contributed by atoms with Gasteiger partial charge in [-0.05, 0) is 67.3 Å². The standard InChI is InChI=1S/C19H25NO2/c21-18(22)17(20-12-13-4-2-1-3-5-13)19-9-14-6-15(10-19)8-16(7-14)11-19/h1-5,14-17,20H,6-12H2,(H,21,22)/t14?,15?,16?,17-,19?/m1/s1. The lowest BCUT2D eigenvalue weighted by Crippen LogP contribution is -2.58. The maximum atomic E-state index is 12.0. The number of aliphatic carboxylic acids is 1. The number of rotatable bonds is 5. The molecule has 0 amide bonds. The van der Waals surface area contributed by atoms with Gasteiger partial charge in [-0.1, -0.05) is 30.3 Å². The van der Waals surface area contributed by atoms with Crippen LogP contribution in [0.25, 0.3) is 0 Å². The molecule has 0 saturated heterocycles. The number of benzene rings is 1. The van der Waals surface area contributed by atoms with Gasteiger partial charge in [-0.2, -0.15) is 0 Å². The predicted molar refractivity (Wildman–Crippen MR) is 85.3 cm³/mol. The van der Waals surface area contributed by atoms with Crippen molar-refractivity contribution in [1.29, 1.82) is 0 Å². The molecule has 4 aliphatic rings. The lowest BCUT2D eigenvalue weighted by molar-refractivity contribution is -0.151. The molecule has 1 atom stereocenters. The summed E-state index contributed by atoms with van der Waals surface area (Å²) < 4.78 is 0. The van der Waals surface area contributed by atoms with Gasteiger partial charge in [0.05, 0.1) is 0 Å². The zero-order valence-electron chi connectivity index (χ0n) is 13.0. The van der Waals surface area contributed by atoms with Crippen LogP contribution in [-0.4, -0.2) is 17.1 Å². The van der Waals surface area contributed by atoms with Crippen LogP contribution < -0.4 is 5.32 Å². The summed E-state index contributed by atoms with van der Waals surface area (Å²) in [6, 6.07) is 9.75. The molecule has 4 saturated carbocycles. The summed E-state index contributed by atoms with van der Waals surface area (Å²) in [5, 5.41) is 13.2. The Morgan fingerprint density at radius 2 is 1.64 bits per heavy atom. The molecule has 0 spiro atoms. The number of hydrogen-bond donors (Lipinski definition) is 2. The first kappa shape index (κ1) is 14.3. The minimum atomic E-state index is -0.655. The number of hydrogen-bond acceptors (Lipinski definition) is 2. The average Bonchev–Trinajstić information content (AvgIpc) is 2.46. The fourth-order valence-corrected chi connectivity index (χ4v) is 5.91. The molecule has 0 radical (unpaired) electrons. The van der Waals surface area contributed by atoms with E-state index in [4.69, 9.17) is 0 Å². The van der Waals surface area contributed by atoms with Gasteiger partial charge in [-0.15, -0.1) is 0 Å². The molecule has 0 aliphatic heterocycles. The highest BCUT2D eigenvalue weighted by Gasteiger charge is 2.55. The third-order valence-corrected chi connectivity index (χ3v) is 6.30. The second kappa shape index (κ2) is 5.38. The predicted octanol–water partition coefficient (Wildman–Crippen LogP) is 3.45. The minimum Gasteiger partial charge on any atom is -0.480 e. The lowest BCUT2D eigenvalue weighted by atomic mass is 9.47. The summed E-state index contributed by atoms with van der Waals surface area (Å²) >= 11 is 0. The molecule has 3 nitrogen and oxygen atoms in total. The van der Waals surface area contributed by atoms with Gasteiger partial charge in [-0.25, -0.2) is 0 Å². The van der Waals surface area contributed by atoms with Crippen molar-refractivity contribution < 1.29 is 9.90 Å². The monoisotopic (exact) mass is 299 g/mol. The maximum absolute atomic E-state index is 12.0. The Labute approximate surface area is 132 Å². The van der Waals surface area contributed by atoms with Crippen molar-refractivity contribution in [3.05, 3.63) is 35.9 Å². The van der Waals surface area contributed by atoms with E-state index in [0.29, 0.717) is 6.54 Å². The van der Waals surface area contributed by atoms with Gasteiger partial charge in [0.1, 0.15) is 6.04 Å². The van der Waals surface area contributed by atoms with Crippen LogP contribution in [-0.2, 0) is 11.3 Å². The summed E-state index contributed by atoms with van der Waals surface area (Å²) in [4.78, 5) is 12.0. The quantitative estimate of drug-likeness (QED) is 0.875. The molecule has 0 heterocycles. The summed E-state index contributed by atoms with van der Waals surface area (Å²) in [7, 11) is 0. The largest absolute Gasteiger partial charge is 0.480 e. The number of carbonyl (C=O) groups is 1. The van der Waals surface area contributed by atoms with Crippen LogP contribution in [0.1, 0.15) is 44.1 Å². The highest BCUT2D eigenvalue weighted by Crippen LogP contribution is 2.61. The first-order chi connectivity index (χ1) is 10.6. The highest BCUT2D eigenvalue weighted by atomic mass is 16.4. The Morgan fingerprint density at radius 1 is 1.09 bits per heavy atom. The van der Waals surface area contributed by atoms with E-state index < -0.39 is 5.97 Å². The van der Waals surface area contributed by atoms with Gasteiger partial charge < -0.3 is 5.11 Å². The third-order valence-electron chi connectivity index (χ3n) is 6.30. The lowest BCUT2D eigenvalue weighted by Gasteiger charge is -2.58. The SMILES string of the molecule is O=C(O)[C@@H](NCc1ccccc1)C12CC3CC(CC(C3)C1)C2. The second-order valence-electron chi connectivity index (χ2n) is 7.92. The number of carboxylic acid groups (broad SMARTS) is 1. The molecule has 2 N–H and O–H groups in total. The Balaban J connectivity index is 1.53. The topological polar surface area (TPSA) is 49.3 Å². The fourth-order valence-electron chi connectivity index (χ4n) is 5.91. The van der Waals surface area contributed by atoms with E-state index in [1.54, 1.807) is 0 Å². The molecule has 5 rings (SSSR count). The van der Waals surface area contributed by atoms with Crippen LogP contribution in [0.4, 0.5) is 0 Å². The molecular formula is C19H25NO2. The minimum absolute atomic E-state index is 0.00929. The summed E-state index contributed by atoms with van der Waals surface area (Å²) in [5.74, 6) is 1.70. The van der Waals surface area contributed by atoms with E-state index >= 15 is 0 Å². The molecule has 4 fully saturated rings. The van der Waals surface area contributed by atoms with Crippen molar-refractivity contribution >= 4 is 5.97 Å². The van der Waals surface area contributed by atoms with E-state index in [1.807, 2.05) is 18.2 Å². The Morgan fingerprint density at radius 3 is 2.14 bits per heavy atom. The number of nitrogens with one attached hydrogen (secondary N) is 1. The van der Waals surface area contributed by atoms with Crippen molar-refractivity contribution in [2.24, 2.45) is 23.2 Å². The Kier molecular flexibility index (Phi) is 3.48. The van der Waals surface area contributed by atoms with Crippen LogP contribution in [0.2, 0.25) is 0 Å². The van der Waals surface area contributed by atoms with E-state index in [0.717, 1.165) is 37.0 Å². The summed E-state index contributed by atoms with van der Waals surface area (Å²) in [6.45, 7) is 0.652. The van der Waals surface area contributed by atoms with E-state index in [-0.39, 0.29) is 11.5 Å². The van der Waals surface area contributed by atoms with E-state index in [2.05, 4.69) is 17.4 Å². The van der Waals surface area contributed by atoms with Gasteiger partial charge in [-0.3, -0.25) is 10.1 Å². The van der Waals surface area contributed by atoms with E-state index in [9.17, 15) is 9.90 Å². The number of carboxylic acids is 1. The zero-order valence-corrected chi connectivity index (χ0v) is 13.0. The van der Waals surface area contributed by atoms with Gasteiger partial charge in [0, 0.05) is 6.54 Å². The van der Waals surface area contributed by atoms with Crippen molar-refractivity contribution in [2.45, 2.75) is 51.1 Å². The molecule has 4 aliphatic carbocycles. The molecule has 1 aromatic rings. The van der Waals surface area contributed by atoms with Gasteiger partial charge >= 0.3 is 5.97 Å². The maximum Gasteiger partial charge on any atom is 0.321 e. The van der Waals surface area contributed by atoms with Crippen molar-refractivity contribution in [2.75, 3.05) is 0 Å². The molecule has 22 heavy (non-hydrogen) atoms. The zero-order chi connectivity index (χ0) is 15.2. The highest BCUT2D eigenvalue weighted by molar-refractivity contribution is 5.75. The molecular weight excluding hydrogens is 274 g/mol. The van der Waals surface area contributed by atoms with Crippen molar-refractivity contribution in [1.82, 2.24) is 5.32 Å².